The molecule has 2 aliphatic carbocycles. The number of aromatic nitrogens is 1. The number of aryl methyl sites for hydroxylation is 1. The first-order valence-corrected chi connectivity index (χ1v) is 11.3. The molecular formula is C24H33FN6O2. The van der Waals surface area contributed by atoms with E-state index in [-0.39, 0.29) is 29.8 Å². The Labute approximate surface area is 193 Å². The smallest absolute Gasteiger partial charge is 0.191 e. The Balaban J connectivity index is 1.52. The lowest BCUT2D eigenvalue weighted by atomic mass is 9.81. The molecule has 0 unspecified atom stereocenters. The molecule has 178 valence electrons. The second kappa shape index (κ2) is 9.15. The van der Waals surface area contributed by atoms with Crippen LogP contribution in [-0.4, -0.2) is 33.9 Å². The highest BCUT2D eigenvalue weighted by Gasteiger charge is 2.43. The van der Waals surface area contributed by atoms with Crippen LogP contribution in [0.3, 0.4) is 0 Å². The molecule has 9 heteroatoms. The largest absolute Gasteiger partial charge is 0.489 e. The van der Waals surface area contributed by atoms with Crippen molar-refractivity contribution in [2.45, 2.75) is 64.1 Å². The van der Waals surface area contributed by atoms with Crippen LogP contribution in [0.5, 0.6) is 0 Å². The lowest BCUT2D eigenvalue weighted by Crippen LogP contribution is -2.44. The SMILES string of the molecule is C=CNC(=CC(=N)N1CCc2oc(C)nc2C1)C(=C)[C@H]1CC(OC2(C)CC2)=C(F)C[C@H]1NN. The third kappa shape index (κ3) is 5.04. The first-order valence-electron chi connectivity index (χ1n) is 11.3. The maximum Gasteiger partial charge on any atom is 0.191 e. The number of nitrogens with zero attached hydrogens (tertiary/aromatic N) is 2. The Morgan fingerprint density at radius 2 is 2.18 bits per heavy atom. The van der Waals surface area contributed by atoms with E-state index in [1.54, 1.807) is 12.3 Å². The van der Waals surface area contributed by atoms with Crippen molar-refractivity contribution >= 4 is 5.84 Å². The Morgan fingerprint density at radius 1 is 1.42 bits per heavy atom. The molecule has 0 amide bonds. The molecule has 33 heavy (non-hydrogen) atoms. The van der Waals surface area contributed by atoms with Crippen molar-refractivity contribution in [3.05, 3.63) is 65.6 Å². The van der Waals surface area contributed by atoms with Crippen LogP contribution in [0.4, 0.5) is 4.39 Å². The quantitative estimate of drug-likeness (QED) is 0.156. The molecule has 2 atom stereocenters. The van der Waals surface area contributed by atoms with Gasteiger partial charge in [-0.15, -0.1) is 0 Å². The second-order valence-electron chi connectivity index (χ2n) is 9.26. The molecule has 8 nitrogen and oxygen atoms in total. The Bertz CT molecular complexity index is 1020. The lowest BCUT2D eigenvalue weighted by Gasteiger charge is -2.35. The van der Waals surface area contributed by atoms with Gasteiger partial charge in [-0.1, -0.05) is 13.2 Å². The minimum absolute atomic E-state index is 0.130. The zero-order chi connectivity index (χ0) is 23.8. The summed E-state index contributed by atoms with van der Waals surface area (Å²) >= 11 is 0. The fraction of sp³-hybridized carbons (Fsp3) is 0.500. The van der Waals surface area contributed by atoms with Crippen molar-refractivity contribution in [1.82, 2.24) is 20.6 Å². The molecule has 1 aromatic rings. The van der Waals surface area contributed by atoms with Gasteiger partial charge in [-0.3, -0.25) is 16.7 Å². The van der Waals surface area contributed by atoms with Gasteiger partial charge in [0.25, 0.3) is 0 Å². The summed E-state index contributed by atoms with van der Waals surface area (Å²) in [5, 5.41) is 11.8. The van der Waals surface area contributed by atoms with Crippen LogP contribution in [0.15, 0.2) is 52.7 Å². The van der Waals surface area contributed by atoms with Crippen LogP contribution in [0.1, 0.15) is 50.0 Å². The van der Waals surface area contributed by atoms with Gasteiger partial charge in [0, 0.05) is 56.5 Å². The number of fused-ring (bicyclic) bond motifs is 1. The highest BCUT2D eigenvalue weighted by atomic mass is 19.1. The molecule has 1 fully saturated rings. The Hall–Kier alpha value is -2.91. The molecule has 5 N–H and O–H groups in total. The van der Waals surface area contributed by atoms with Crippen LogP contribution in [0.25, 0.3) is 0 Å². The van der Waals surface area contributed by atoms with Crippen LogP contribution in [0, 0.1) is 18.3 Å². The monoisotopic (exact) mass is 456 g/mol. The van der Waals surface area contributed by atoms with E-state index in [9.17, 15) is 4.39 Å². The minimum atomic E-state index is -0.336. The predicted molar refractivity (Wildman–Crippen MR) is 124 cm³/mol. The number of halogens is 1. The number of allylic oxidation sites excluding steroid dienone is 2. The average molecular weight is 457 g/mol. The van der Waals surface area contributed by atoms with E-state index in [2.05, 4.69) is 28.9 Å². The number of hydrogen-bond donors (Lipinski definition) is 4. The van der Waals surface area contributed by atoms with Gasteiger partial charge in [0.2, 0.25) is 0 Å². The van der Waals surface area contributed by atoms with E-state index in [4.69, 9.17) is 20.4 Å². The number of oxazole rings is 1. The summed E-state index contributed by atoms with van der Waals surface area (Å²) in [5.41, 5.74) is 4.69. The number of nitrogens with two attached hydrogens (primary N) is 1. The number of amidine groups is 1. The van der Waals surface area contributed by atoms with Gasteiger partial charge < -0.3 is 19.4 Å². The normalized spacial score (nSPS) is 24.2. The molecule has 0 spiro atoms. The van der Waals surface area contributed by atoms with Gasteiger partial charge in [0.15, 0.2) is 5.89 Å². The summed E-state index contributed by atoms with van der Waals surface area (Å²) in [6, 6.07) is -0.336. The van der Waals surface area contributed by atoms with Crippen molar-refractivity contribution in [3.8, 4) is 0 Å². The first kappa shape index (κ1) is 23.3. The summed E-state index contributed by atoms with van der Waals surface area (Å²) in [5.74, 6) is 7.53. The lowest BCUT2D eigenvalue weighted by molar-refractivity contribution is 0.0808. The molecule has 0 aromatic carbocycles. The van der Waals surface area contributed by atoms with Crippen molar-refractivity contribution in [2.75, 3.05) is 6.54 Å². The molecule has 0 saturated heterocycles. The van der Waals surface area contributed by atoms with Crippen LogP contribution in [-0.2, 0) is 17.7 Å². The third-order valence-corrected chi connectivity index (χ3v) is 6.64. The van der Waals surface area contributed by atoms with Crippen molar-refractivity contribution in [2.24, 2.45) is 11.8 Å². The molecular weight excluding hydrogens is 423 g/mol. The summed E-state index contributed by atoms with van der Waals surface area (Å²) in [7, 11) is 0. The summed E-state index contributed by atoms with van der Waals surface area (Å²) < 4.78 is 26.4. The van der Waals surface area contributed by atoms with Gasteiger partial charge >= 0.3 is 0 Å². The molecule has 2 heterocycles. The van der Waals surface area contributed by atoms with Crippen LogP contribution >= 0.6 is 0 Å². The standard InChI is InChI=1S/C24H33FN6O2/c1-5-28-18(12-23(26)31-9-6-21-20(13-31)29-15(3)32-21)14(2)16-10-22(33-24(4)7-8-24)17(25)11-19(16)30-27/h5,12,16,19,26,28,30H,1-2,6-11,13,27H2,3-4H3/t16-,19-/m1/s1. The second-order valence-corrected chi connectivity index (χ2v) is 9.26. The van der Waals surface area contributed by atoms with Gasteiger partial charge in [-0.05, 0) is 31.5 Å². The van der Waals surface area contributed by atoms with E-state index in [1.807, 2.05) is 18.7 Å². The fourth-order valence-corrected chi connectivity index (χ4v) is 4.41. The highest BCUT2D eigenvalue weighted by molar-refractivity contribution is 5.91. The van der Waals surface area contributed by atoms with Crippen molar-refractivity contribution in [3.63, 3.8) is 0 Å². The molecule has 4 rings (SSSR count). The zero-order valence-corrected chi connectivity index (χ0v) is 19.3. The fourth-order valence-electron chi connectivity index (χ4n) is 4.41. The maximum atomic E-state index is 14.7. The van der Waals surface area contributed by atoms with E-state index in [1.165, 1.54) is 0 Å². The van der Waals surface area contributed by atoms with E-state index < -0.39 is 0 Å². The number of nitrogens with one attached hydrogen (secondary N) is 3. The van der Waals surface area contributed by atoms with Gasteiger partial charge in [-0.25, -0.2) is 9.37 Å². The molecule has 1 aliphatic heterocycles. The number of rotatable bonds is 8. The Morgan fingerprint density at radius 3 is 2.85 bits per heavy atom. The molecule has 1 saturated carbocycles. The number of hydrazine groups is 1. The summed E-state index contributed by atoms with van der Waals surface area (Å²) in [4.78, 5) is 6.36. The first-order chi connectivity index (χ1) is 15.7. The van der Waals surface area contributed by atoms with Crippen molar-refractivity contribution < 1.29 is 13.5 Å². The zero-order valence-electron chi connectivity index (χ0n) is 19.3. The summed E-state index contributed by atoms with van der Waals surface area (Å²) in [6.45, 7) is 13.1. The maximum absolute atomic E-state index is 14.7. The number of hydrogen-bond acceptors (Lipinski definition) is 7. The van der Waals surface area contributed by atoms with Crippen LogP contribution in [0.2, 0.25) is 0 Å². The number of ether oxygens (including phenoxy) is 1. The van der Waals surface area contributed by atoms with Crippen molar-refractivity contribution in [1.29, 1.82) is 5.41 Å². The van der Waals surface area contributed by atoms with Gasteiger partial charge in [-0.2, -0.15) is 0 Å². The van der Waals surface area contributed by atoms with Gasteiger partial charge in [0.1, 0.15) is 34.5 Å². The topological polar surface area (TPSA) is 112 Å². The molecule has 3 aliphatic rings. The molecule has 0 radical (unpaired) electrons. The van der Waals surface area contributed by atoms with E-state index >= 15 is 0 Å². The summed E-state index contributed by atoms with van der Waals surface area (Å²) in [6.07, 6.45) is 6.31. The van der Waals surface area contributed by atoms with E-state index in [0.29, 0.717) is 54.7 Å². The van der Waals surface area contributed by atoms with Crippen LogP contribution < -0.4 is 16.6 Å². The van der Waals surface area contributed by atoms with Gasteiger partial charge in [0.05, 0.1) is 6.54 Å². The molecule has 1 aromatic heterocycles. The predicted octanol–water partition coefficient (Wildman–Crippen LogP) is 3.48. The Kier molecular flexibility index (Phi) is 6.45. The highest BCUT2D eigenvalue weighted by Crippen LogP contribution is 2.45. The third-order valence-electron chi connectivity index (χ3n) is 6.64. The molecule has 0 bridgehead atoms. The van der Waals surface area contributed by atoms with E-state index in [0.717, 1.165) is 24.3 Å². The average Bonchev–Trinajstić information content (AvgIpc) is 3.38. The minimum Gasteiger partial charge on any atom is -0.489 e.